The van der Waals surface area contributed by atoms with Crippen molar-refractivity contribution in [2.45, 2.75) is 12.7 Å². The Labute approximate surface area is 190 Å². The molecule has 10 heteroatoms. The largest absolute Gasteiger partial charge is 0.416 e. The summed E-state index contributed by atoms with van der Waals surface area (Å²) < 4.78 is 41.1. The molecule has 0 amide bonds. The van der Waals surface area contributed by atoms with Crippen LogP contribution in [0.1, 0.15) is 11.1 Å². The Bertz CT molecular complexity index is 1380. The fourth-order valence-electron chi connectivity index (χ4n) is 3.36. The zero-order valence-corrected chi connectivity index (χ0v) is 17.9. The number of aromatic nitrogens is 4. The smallest absolute Gasteiger partial charge is 0.364 e. The number of nitrogens with one attached hydrogen (secondary N) is 2. The van der Waals surface area contributed by atoms with Gasteiger partial charge in [0, 0.05) is 17.6 Å². The zero-order chi connectivity index (χ0) is 22.8. The van der Waals surface area contributed by atoms with Gasteiger partial charge in [0.05, 0.1) is 11.3 Å². The van der Waals surface area contributed by atoms with E-state index in [4.69, 9.17) is 0 Å². The minimum absolute atomic E-state index is 0.145. The molecule has 0 fully saturated rings. The van der Waals surface area contributed by atoms with E-state index < -0.39 is 11.7 Å². The number of hydrogen-bond donors (Lipinski definition) is 2. The number of hydrogen-bond acceptors (Lipinski definition) is 6. The minimum atomic E-state index is -4.40. The van der Waals surface area contributed by atoms with Gasteiger partial charge in [-0.15, -0.1) is 0 Å². The fraction of sp³-hybridized carbons (Fsp3) is 0.0870. The highest BCUT2D eigenvalue weighted by Gasteiger charge is 2.30. The van der Waals surface area contributed by atoms with Gasteiger partial charge in [-0.1, -0.05) is 30.3 Å². The molecule has 0 saturated heterocycles. The molecule has 0 atom stereocenters. The van der Waals surface area contributed by atoms with Crippen molar-refractivity contribution in [2.24, 2.45) is 0 Å². The van der Waals surface area contributed by atoms with Gasteiger partial charge in [-0.05, 0) is 41.3 Å². The first-order chi connectivity index (χ1) is 16.0. The Hall–Kier alpha value is -3.92. The maximum atomic E-state index is 13.1. The highest BCUT2D eigenvalue weighted by molar-refractivity contribution is 7.08. The lowest BCUT2D eigenvalue weighted by molar-refractivity contribution is -0.137. The number of halogens is 3. The molecule has 0 aliphatic carbocycles. The summed E-state index contributed by atoms with van der Waals surface area (Å²) >= 11 is 1.55. The number of imidazole rings is 1. The molecule has 5 rings (SSSR count). The van der Waals surface area contributed by atoms with Crippen LogP contribution in [0.3, 0.4) is 0 Å². The van der Waals surface area contributed by atoms with Gasteiger partial charge >= 0.3 is 6.18 Å². The normalized spacial score (nSPS) is 11.6. The van der Waals surface area contributed by atoms with E-state index in [0.717, 1.165) is 23.5 Å². The number of anilines is 3. The van der Waals surface area contributed by atoms with Crippen molar-refractivity contribution in [3.63, 3.8) is 0 Å². The second-order valence-corrected chi connectivity index (χ2v) is 7.99. The Morgan fingerprint density at radius 2 is 1.82 bits per heavy atom. The Morgan fingerprint density at radius 1 is 0.970 bits per heavy atom. The molecular weight excluding hydrogens is 449 g/mol. The molecule has 166 valence electrons. The number of alkyl halides is 3. The summed E-state index contributed by atoms with van der Waals surface area (Å²) in [7, 11) is 0. The van der Waals surface area contributed by atoms with Crippen molar-refractivity contribution in [1.82, 2.24) is 19.5 Å². The molecule has 0 unspecified atom stereocenters. The van der Waals surface area contributed by atoms with E-state index >= 15 is 0 Å². The average Bonchev–Trinajstić information content (AvgIpc) is 3.48. The number of nitrogens with zero attached hydrogens (tertiary/aromatic N) is 4. The standard InChI is InChI=1S/C23H17F3N6S/c24-23(25,26)16-6-4-5-15(11-16)12-27-20-19-21(32(14-28-19)18-9-10-33-13-18)31-22(30-20)29-17-7-2-1-3-8-17/h1-11,13-14H,12H2,(H2,27,29,30,31). The van der Waals surface area contributed by atoms with Gasteiger partial charge < -0.3 is 10.6 Å². The fourth-order valence-corrected chi connectivity index (χ4v) is 3.98. The summed E-state index contributed by atoms with van der Waals surface area (Å²) in [6.45, 7) is 0.145. The Morgan fingerprint density at radius 3 is 2.58 bits per heavy atom. The van der Waals surface area contributed by atoms with Gasteiger partial charge in [0.25, 0.3) is 0 Å². The lowest BCUT2D eigenvalue weighted by atomic mass is 10.1. The van der Waals surface area contributed by atoms with Crippen molar-refractivity contribution < 1.29 is 13.2 Å². The van der Waals surface area contributed by atoms with Gasteiger partial charge in [0.15, 0.2) is 17.0 Å². The van der Waals surface area contributed by atoms with Crippen LogP contribution in [0.25, 0.3) is 16.9 Å². The molecule has 5 aromatic rings. The van der Waals surface area contributed by atoms with Crippen molar-refractivity contribution in [3.05, 3.63) is 88.9 Å². The van der Waals surface area contributed by atoms with Crippen LogP contribution in [0, 0.1) is 0 Å². The molecule has 0 radical (unpaired) electrons. The predicted molar refractivity (Wildman–Crippen MR) is 123 cm³/mol. The molecule has 2 N–H and O–H groups in total. The molecule has 0 aliphatic heterocycles. The van der Waals surface area contributed by atoms with Crippen LogP contribution in [0.5, 0.6) is 0 Å². The molecule has 33 heavy (non-hydrogen) atoms. The van der Waals surface area contributed by atoms with Crippen LogP contribution in [-0.2, 0) is 12.7 Å². The number of para-hydroxylation sites is 1. The summed E-state index contributed by atoms with van der Waals surface area (Å²) in [5, 5.41) is 10.2. The average molecular weight is 466 g/mol. The first-order valence-corrected chi connectivity index (χ1v) is 10.9. The van der Waals surface area contributed by atoms with Crippen LogP contribution in [0.15, 0.2) is 77.8 Å². The minimum Gasteiger partial charge on any atom is -0.364 e. The van der Waals surface area contributed by atoms with Crippen LogP contribution in [0.2, 0.25) is 0 Å². The highest BCUT2D eigenvalue weighted by Crippen LogP contribution is 2.30. The highest BCUT2D eigenvalue weighted by atomic mass is 32.1. The van der Waals surface area contributed by atoms with Crippen molar-refractivity contribution >= 4 is 40.0 Å². The molecule has 0 spiro atoms. The maximum Gasteiger partial charge on any atom is 0.416 e. The first-order valence-electron chi connectivity index (χ1n) is 9.97. The van der Waals surface area contributed by atoms with E-state index in [-0.39, 0.29) is 6.54 Å². The Kier molecular flexibility index (Phi) is 5.43. The maximum absolute atomic E-state index is 13.1. The second kappa shape index (κ2) is 8.55. The lowest BCUT2D eigenvalue weighted by Crippen LogP contribution is -2.08. The summed E-state index contributed by atoms with van der Waals surface area (Å²) in [6.07, 6.45) is -2.74. The van der Waals surface area contributed by atoms with Crippen LogP contribution < -0.4 is 10.6 Å². The van der Waals surface area contributed by atoms with E-state index in [0.29, 0.717) is 28.5 Å². The van der Waals surface area contributed by atoms with E-state index in [1.165, 1.54) is 6.07 Å². The van der Waals surface area contributed by atoms with Crippen molar-refractivity contribution in [3.8, 4) is 5.69 Å². The molecule has 2 aromatic carbocycles. The third-order valence-corrected chi connectivity index (χ3v) is 5.60. The van der Waals surface area contributed by atoms with Crippen LogP contribution >= 0.6 is 11.3 Å². The van der Waals surface area contributed by atoms with Crippen LogP contribution in [0.4, 0.5) is 30.6 Å². The SMILES string of the molecule is FC(F)(F)c1cccc(CNc2nc(Nc3ccccc3)nc3c2ncn3-c2ccsc2)c1. The third kappa shape index (κ3) is 4.51. The molecule has 0 aliphatic rings. The van der Waals surface area contributed by atoms with Crippen LogP contribution in [-0.4, -0.2) is 19.5 Å². The number of thiophene rings is 1. The quantitative estimate of drug-likeness (QED) is 0.310. The van der Waals surface area contributed by atoms with Gasteiger partial charge in [-0.2, -0.15) is 34.5 Å². The summed E-state index contributed by atoms with van der Waals surface area (Å²) in [5.74, 6) is 0.766. The number of fused-ring (bicyclic) bond motifs is 1. The topological polar surface area (TPSA) is 67.7 Å². The molecular formula is C23H17F3N6S. The summed E-state index contributed by atoms with van der Waals surface area (Å²) in [6, 6.07) is 16.6. The van der Waals surface area contributed by atoms with Gasteiger partial charge in [-0.25, -0.2) is 4.98 Å². The summed E-state index contributed by atoms with van der Waals surface area (Å²) in [4.78, 5) is 13.7. The zero-order valence-electron chi connectivity index (χ0n) is 17.0. The molecule has 0 saturated carbocycles. The van der Waals surface area contributed by atoms with E-state index in [1.807, 2.05) is 51.7 Å². The molecule has 6 nitrogen and oxygen atoms in total. The second-order valence-electron chi connectivity index (χ2n) is 7.21. The third-order valence-electron chi connectivity index (χ3n) is 4.92. The van der Waals surface area contributed by atoms with Gasteiger partial charge in [0.1, 0.15) is 6.33 Å². The van der Waals surface area contributed by atoms with Crippen molar-refractivity contribution in [1.29, 1.82) is 0 Å². The lowest BCUT2D eigenvalue weighted by Gasteiger charge is -2.12. The van der Waals surface area contributed by atoms with Crippen molar-refractivity contribution in [2.75, 3.05) is 10.6 Å². The first kappa shape index (κ1) is 21.0. The van der Waals surface area contributed by atoms with Gasteiger partial charge in [-0.3, -0.25) is 4.57 Å². The predicted octanol–water partition coefficient (Wildman–Crippen LogP) is 6.25. The van der Waals surface area contributed by atoms with Gasteiger partial charge in [0.2, 0.25) is 5.95 Å². The number of benzene rings is 2. The molecule has 3 aromatic heterocycles. The molecule has 3 heterocycles. The van der Waals surface area contributed by atoms with E-state index in [1.54, 1.807) is 23.7 Å². The number of rotatable bonds is 6. The van der Waals surface area contributed by atoms with E-state index in [9.17, 15) is 13.2 Å². The Balaban J connectivity index is 1.51. The van der Waals surface area contributed by atoms with E-state index in [2.05, 4.69) is 25.6 Å². The monoisotopic (exact) mass is 466 g/mol. The summed E-state index contributed by atoms with van der Waals surface area (Å²) in [5.41, 5.74) is 2.60. The molecule has 0 bridgehead atoms.